The number of methoxy groups -OCH3 is 1. The number of hydrogen-bond acceptors (Lipinski definition) is 6. The molecular weight excluding hydrogens is 326 g/mol. The predicted molar refractivity (Wildman–Crippen MR) is 89.1 cm³/mol. The van der Waals surface area contributed by atoms with Crippen molar-refractivity contribution < 1.29 is 13.2 Å². The summed E-state index contributed by atoms with van der Waals surface area (Å²) >= 11 is 0. The second kappa shape index (κ2) is 6.76. The van der Waals surface area contributed by atoms with Gasteiger partial charge in [0.25, 0.3) is 0 Å². The molecule has 0 aliphatic carbocycles. The number of sulfone groups is 1. The monoisotopic (exact) mass is 341 g/mol. The maximum absolute atomic E-state index is 12.6. The van der Waals surface area contributed by atoms with E-state index in [0.717, 1.165) is 0 Å². The van der Waals surface area contributed by atoms with Crippen molar-refractivity contribution in [2.24, 2.45) is 0 Å². The van der Waals surface area contributed by atoms with Crippen LogP contribution in [0.4, 0.5) is 0 Å². The van der Waals surface area contributed by atoms with Crippen molar-refractivity contribution in [3.8, 4) is 17.3 Å². The number of benzene rings is 1. The van der Waals surface area contributed by atoms with Crippen LogP contribution in [0.3, 0.4) is 0 Å². The summed E-state index contributed by atoms with van der Waals surface area (Å²) in [5.41, 5.74) is 0.871. The predicted octanol–water partition coefficient (Wildman–Crippen LogP) is 2.52. The van der Waals surface area contributed by atoms with Gasteiger partial charge in [0.15, 0.2) is 21.4 Å². The van der Waals surface area contributed by atoms with Crippen molar-refractivity contribution in [2.75, 3.05) is 7.11 Å². The highest BCUT2D eigenvalue weighted by atomic mass is 32.2. The first-order chi connectivity index (χ1) is 11.6. The maximum atomic E-state index is 12.6. The quantitative estimate of drug-likeness (QED) is 0.709. The van der Waals surface area contributed by atoms with Crippen LogP contribution >= 0.6 is 0 Å². The Balaban J connectivity index is 2.01. The molecular formula is C17H15N3O3S. The van der Waals surface area contributed by atoms with Gasteiger partial charge in [0.05, 0.1) is 18.2 Å². The number of aromatic nitrogens is 3. The lowest BCUT2D eigenvalue weighted by Gasteiger charge is -2.10. The molecule has 0 saturated carbocycles. The molecule has 6 nitrogen and oxygen atoms in total. The molecule has 1 aromatic carbocycles. The highest BCUT2D eigenvalue weighted by Crippen LogP contribution is 2.23. The van der Waals surface area contributed by atoms with Crippen molar-refractivity contribution in [1.29, 1.82) is 0 Å². The first-order valence-corrected chi connectivity index (χ1v) is 8.84. The molecule has 2 aromatic heterocycles. The van der Waals surface area contributed by atoms with E-state index in [9.17, 15) is 8.42 Å². The molecule has 0 atom stereocenters. The van der Waals surface area contributed by atoms with E-state index in [1.54, 1.807) is 48.7 Å². The standard InChI is InChI=1S/C17H15N3O3S/c1-23-16-11-19-17(14-9-5-6-10-18-14)20-15(16)12-24(21,22)13-7-3-2-4-8-13/h2-11H,12H2,1H3. The molecule has 24 heavy (non-hydrogen) atoms. The van der Waals surface area contributed by atoms with Gasteiger partial charge in [-0.15, -0.1) is 0 Å². The molecule has 0 N–H and O–H groups in total. The Morgan fingerprint density at radius 3 is 2.42 bits per heavy atom. The molecule has 122 valence electrons. The first kappa shape index (κ1) is 16.1. The van der Waals surface area contributed by atoms with Crippen LogP contribution in [-0.2, 0) is 15.6 Å². The molecule has 0 spiro atoms. The van der Waals surface area contributed by atoms with Gasteiger partial charge in [-0.25, -0.2) is 18.4 Å². The van der Waals surface area contributed by atoms with Crippen LogP contribution in [0, 0.1) is 0 Å². The Hall–Kier alpha value is -2.80. The minimum Gasteiger partial charge on any atom is -0.493 e. The van der Waals surface area contributed by atoms with Gasteiger partial charge < -0.3 is 4.74 Å². The molecule has 0 aliphatic heterocycles. The molecule has 3 rings (SSSR count). The van der Waals surface area contributed by atoms with Gasteiger partial charge in [-0.3, -0.25) is 4.98 Å². The fourth-order valence-electron chi connectivity index (χ4n) is 2.19. The molecule has 0 aliphatic rings. The molecule has 0 amide bonds. The van der Waals surface area contributed by atoms with Crippen LogP contribution in [0.25, 0.3) is 11.5 Å². The van der Waals surface area contributed by atoms with E-state index in [1.165, 1.54) is 13.3 Å². The summed E-state index contributed by atoms with van der Waals surface area (Å²) in [6.45, 7) is 0. The Bertz CT molecular complexity index is 930. The largest absolute Gasteiger partial charge is 0.493 e. The second-order valence-electron chi connectivity index (χ2n) is 5.00. The normalized spacial score (nSPS) is 11.2. The first-order valence-electron chi connectivity index (χ1n) is 7.19. The van der Waals surface area contributed by atoms with Gasteiger partial charge in [0.2, 0.25) is 0 Å². The minimum absolute atomic E-state index is 0.241. The smallest absolute Gasteiger partial charge is 0.184 e. The van der Waals surface area contributed by atoms with Gasteiger partial charge in [-0.1, -0.05) is 24.3 Å². The van der Waals surface area contributed by atoms with E-state index in [2.05, 4.69) is 15.0 Å². The summed E-state index contributed by atoms with van der Waals surface area (Å²) in [6.07, 6.45) is 3.09. The molecule has 0 fully saturated rings. The summed E-state index contributed by atoms with van der Waals surface area (Å²) in [5, 5.41) is 0. The summed E-state index contributed by atoms with van der Waals surface area (Å²) in [6, 6.07) is 13.6. The third-order valence-corrected chi connectivity index (χ3v) is 5.02. The summed E-state index contributed by atoms with van der Waals surface area (Å²) in [4.78, 5) is 13.0. The number of hydrogen-bond donors (Lipinski definition) is 0. The fourth-order valence-corrected chi connectivity index (χ4v) is 3.49. The maximum Gasteiger partial charge on any atom is 0.184 e. The average Bonchev–Trinajstić information content (AvgIpc) is 2.63. The molecule has 2 heterocycles. The molecule has 0 saturated heterocycles. The van der Waals surface area contributed by atoms with Crippen LogP contribution in [0.5, 0.6) is 5.75 Å². The zero-order valence-corrected chi connectivity index (χ0v) is 13.8. The lowest BCUT2D eigenvalue weighted by Crippen LogP contribution is -2.09. The Morgan fingerprint density at radius 2 is 1.75 bits per heavy atom. The van der Waals surface area contributed by atoms with Crippen molar-refractivity contribution >= 4 is 9.84 Å². The van der Waals surface area contributed by atoms with Gasteiger partial charge in [-0.2, -0.15) is 0 Å². The molecule has 7 heteroatoms. The van der Waals surface area contributed by atoms with Crippen molar-refractivity contribution in [3.05, 3.63) is 66.6 Å². The lowest BCUT2D eigenvalue weighted by molar-refractivity contribution is 0.406. The van der Waals surface area contributed by atoms with Gasteiger partial charge in [0.1, 0.15) is 17.1 Å². The van der Waals surface area contributed by atoms with Crippen molar-refractivity contribution in [1.82, 2.24) is 15.0 Å². The van der Waals surface area contributed by atoms with Crippen LogP contribution < -0.4 is 4.74 Å². The van der Waals surface area contributed by atoms with Crippen LogP contribution in [-0.4, -0.2) is 30.5 Å². The highest BCUT2D eigenvalue weighted by Gasteiger charge is 2.20. The van der Waals surface area contributed by atoms with Crippen molar-refractivity contribution in [2.45, 2.75) is 10.6 Å². The molecule has 0 radical (unpaired) electrons. The average molecular weight is 341 g/mol. The molecule has 0 bridgehead atoms. The third kappa shape index (κ3) is 3.41. The second-order valence-corrected chi connectivity index (χ2v) is 6.99. The van der Waals surface area contributed by atoms with E-state index < -0.39 is 9.84 Å². The number of pyridine rings is 1. The third-order valence-electron chi connectivity index (χ3n) is 3.37. The number of rotatable bonds is 5. The van der Waals surface area contributed by atoms with Crippen LogP contribution in [0.15, 0.2) is 65.8 Å². The zero-order valence-electron chi connectivity index (χ0n) is 13.0. The van der Waals surface area contributed by atoms with E-state index in [0.29, 0.717) is 23.0 Å². The Labute approximate surface area is 140 Å². The molecule has 3 aromatic rings. The van der Waals surface area contributed by atoms with Gasteiger partial charge in [-0.05, 0) is 24.3 Å². The summed E-state index contributed by atoms with van der Waals surface area (Å²) < 4.78 is 30.4. The highest BCUT2D eigenvalue weighted by molar-refractivity contribution is 7.90. The fraction of sp³-hybridized carbons (Fsp3) is 0.118. The van der Waals surface area contributed by atoms with E-state index in [4.69, 9.17) is 4.74 Å². The Morgan fingerprint density at radius 1 is 1.00 bits per heavy atom. The van der Waals surface area contributed by atoms with E-state index in [1.807, 2.05) is 6.07 Å². The van der Waals surface area contributed by atoms with Crippen LogP contribution in [0.2, 0.25) is 0 Å². The minimum atomic E-state index is -3.54. The van der Waals surface area contributed by atoms with Gasteiger partial charge >= 0.3 is 0 Å². The van der Waals surface area contributed by atoms with Gasteiger partial charge in [0, 0.05) is 6.20 Å². The summed E-state index contributed by atoms with van der Waals surface area (Å²) in [7, 11) is -2.08. The van der Waals surface area contributed by atoms with Crippen LogP contribution in [0.1, 0.15) is 5.69 Å². The topological polar surface area (TPSA) is 82.0 Å². The number of ether oxygens (including phenoxy) is 1. The SMILES string of the molecule is COc1cnc(-c2ccccn2)nc1CS(=O)(=O)c1ccccc1. The number of nitrogens with zero attached hydrogens (tertiary/aromatic N) is 3. The summed E-state index contributed by atoms with van der Waals surface area (Å²) in [5.74, 6) is 0.409. The van der Waals surface area contributed by atoms with E-state index in [-0.39, 0.29) is 10.6 Å². The van der Waals surface area contributed by atoms with E-state index >= 15 is 0 Å². The molecule has 0 unspecified atom stereocenters. The van der Waals surface area contributed by atoms with Crippen molar-refractivity contribution in [3.63, 3.8) is 0 Å². The zero-order chi connectivity index (χ0) is 17.0. The Kier molecular flexibility index (Phi) is 4.52. The lowest BCUT2D eigenvalue weighted by atomic mass is 10.3.